The van der Waals surface area contributed by atoms with E-state index in [9.17, 15) is 9.59 Å². The van der Waals surface area contributed by atoms with Gasteiger partial charge in [-0.15, -0.1) is 0 Å². The molecule has 2 rings (SSSR count). The van der Waals surface area contributed by atoms with Gasteiger partial charge in [0.1, 0.15) is 17.9 Å². The second-order valence-corrected chi connectivity index (χ2v) is 4.48. The summed E-state index contributed by atoms with van der Waals surface area (Å²) >= 11 is 0. The highest BCUT2D eigenvalue weighted by Crippen LogP contribution is 1.99. The molecule has 0 spiro atoms. The number of aliphatic carboxylic acids is 1. The molecule has 0 aromatic carbocycles. The van der Waals surface area contributed by atoms with Gasteiger partial charge in [-0.3, -0.25) is 4.79 Å². The van der Waals surface area contributed by atoms with Gasteiger partial charge in [-0.2, -0.15) is 5.10 Å². The van der Waals surface area contributed by atoms with E-state index in [0.29, 0.717) is 5.82 Å². The van der Waals surface area contributed by atoms with Gasteiger partial charge >= 0.3 is 5.97 Å². The lowest BCUT2D eigenvalue weighted by molar-refractivity contribution is -0.131. The number of carbonyl (C=O) groups is 2. The highest BCUT2D eigenvalue weighted by Gasteiger charge is 2.20. The molecular formula is C14H15N5O4. The zero-order valence-electron chi connectivity index (χ0n) is 12.5. The van der Waals surface area contributed by atoms with E-state index in [2.05, 4.69) is 21.6 Å². The third-order valence-corrected chi connectivity index (χ3v) is 3.08. The number of aromatic amines is 1. The number of nitrogens with two attached hydrogens (primary N) is 1. The summed E-state index contributed by atoms with van der Waals surface area (Å²) in [7, 11) is 1.37. The van der Waals surface area contributed by atoms with Crippen LogP contribution in [0.1, 0.15) is 16.2 Å². The molecule has 0 unspecified atom stereocenters. The molecular weight excluding hydrogens is 302 g/mol. The largest absolute Gasteiger partial charge is 0.496 e. The number of carboxylic acid groups (broad SMARTS) is 1. The minimum atomic E-state index is -1.59. The van der Waals surface area contributed by atoms with Crippen LogP contribution < -0.4 is 16.3 Å². The van der Waals surface area contributed by atoms with Crippen LogP contribution in [0, 0.1) is 6.92 Å². The molecule has 0 bridgehead atoms. The molecule has 0 saturated carbocycles. The van der Waals surface area contributed by atoms with Crippen LogP contribution >= 0.6 is 0 Å². The number of ether oxygens (including phenoxy) is 1. The maximum atomic E-state index is 11.9. The SMILES string of the molecule is C=C/C(OC)=c1/c(C(=O)C(=O)O)c[nH]/c1=C(/N)n1cnc(C)n1. The number of ketones is 1. The number of hydrogen-bond acceptors (Lipinski definition) is 6. The van der Waals surface area contributed by atoms with Gasteiger partial charge in [0.25, 0.3) is 5.78 Å². The summed E-state index contributed by atoms with van der Waals surface area (Å²) in [6, 6.07) is 0. The first-order chi connectivity index (χ1) is 10.9. The first-order valence-electron chi connectivity index (χ1n) is 6.44. The molecule has 9 heteroatoms. The van der Waals surface area contributed by atoms with E-state index in [4.69, 9.17) is 15.6 Å². The number of aromatic nitrogens is 4. The fourth-order valence-electron chi connectivity index (χ4n) is 2.04. The smallest absolute Gasteiger partial charge is 0.377 e. The van der Waals surface area contributed by atoms with Crippen LogP contribution in [0.4, 0.5) is 0 Å². The van der Waals surface area contributed by atoms with Crippen molar-refractivity contribution in [2.75, 3.05) is 7.11 Å². The molecule has 9 nitrogen and oxygen atoms in total. The summed E-state index contributed by atoms with van der Waals surface area (Å²) in [5.74, 6) is -1.86. The number of aryl methyl sites for hydroxylation is 1. The number of carbonyl (C=O) groups excluding carboxylic acids is 1. The zero-order valence-corrected chi connectivity index (χ0v) is 12.5. The molecule has 0 fully saturated rings. The van der Waals surface area contributed by atoms with Gasteiger partial charge in [-0.25, -0.2) is 14.5 Å². The molecule has 23 heavy (non-hydrogen) atoms. The van der Waals surface area contributed by atoms with Crippen LogP contribution in [0.5, 0.6) is 0 Å². The Balaban J connectivity index is 2.92. The van der Waals surface area contributed by atoms with Gasteiger partial charge in [0.05, 0.1) is 23.2 Å². The van der Waals surface area contributed by atoms with Crippen molar-refractivity contribution >= 4 is 23.3 Å². The third-order valence-electron chi connectivity index (χ3n) is 3.08. The van der Waals surface area contributed by atoms with E-state index in [-0.39, 0.29) is 27.7 Å². The Morgan fingerprint density at radius 3 is 2.70 bits per heavy atom. The minimum absolute atomic E-state index is 0.0935. The van der Waals surface area contributed by atoms with Gasteiger partial charge in [-0.1, -0.05) is 6.58 Å². The predicted molar refractivity (Wildman–Crippen MR) is 80.4 cm³/mol. The Bertz CT molecular complexity index is 906. The number of Topliss-reactive ketones (excluding diaryl/α,β-unsaturated/α-hetero) is 1. The van der Waals surface area contributed by atoms with Crippen molar-refractivity contribution in [3.05, 3.63) is 47.1 Å². The Labute approximate surface area is 130 Å². The Morgan fingerprint density at radius 2 is 2.22 bits per heavy atom. The predicted octanol–water partition coefficient (Wildman–Crippen LogP) is -1.30. The topological polar surface area (TPSA) is 136 Å². The number of hydrogen-bond donors (Lipinski definition) is 3. The second kappa shape index (κ2) is 6.18. The molecule has 0 saturated heterocycles. The molecule has 0 radical (unpaired) electrons. The fraction of sp³-hybridized carbons (Fsp3) is 0.143. The van der Waals surface area contributed by atoms with Gasteiger partial charge in [0, 0.05) is 6.20 Å². The standard InChI is InChI=1S/C14H15N5O4/c1-4-9(23-3)10-8(12(20)14(21)22)5-16-11(10)13(15)19-6-17-7(2)18-19/h4-6,16H,1,15H2,2-3H3,(H,21,22)/b10-9+,13-11-. The van der Waals surface area contributed by atoms with E-state index < -0.39 is 11.8 Å². The monoisotopic (exact) mass is 317 g/mol. The Hall–Kier alpha value is -3.36. The lowest BCUT2D eigenvalue weighted by Crippen LogP contribution is -2.37. The average molecular weight is 317 g/mol. The van der Waals surface area contributed by atoms with E-state index in [1.807, 2.05) is 0 Å². The van der Waals surface area contributed by atoms with Crippen molar-refractivity contribution in [2.45, 2.75) is 6.92 Å². The van der Waals surface area contributed by atoms with Crippen molar-refractivity contribution in [3.8, 4) is 0 Å². The lowest BCUT2D eigenvalue weighted by Gasteiger charge is -2.02. The van der Waals surface area contributed by atoms with E-state index >= 15 is 0 Å². The molecule has 2 aromatic rings. The fourth-order valence-corrected chi connectivity index (χ4v) is 2.04. The van der Waals surface area contributed by atoms with Crippen LogP contribution in [-0.2, 0) is 9.53 Å². The highest BCUT2D eigenvalue weighted by molar-refractivity contribution is 6.39. The first kappa shape index (κ1) is 16.0. The van der Waals surface area contributed by atoms with E-state index in [0.717, 1.165) is 0 Å². The summed E-state index contributed by atoms with van der Waals surface area (Å²) < 4.78 is 6.47. The molecule has 0 aliphatic rings. The second-order valence-electron chi connectivity index (χ2n) is 4.48. The normalized spacial score (nSPS) is 13.3. The van der Waals surface area contributed by atoms with Crippen molar-refractivity contribution in [3.63, 3.8) is 0 Å². The van der Waals surface area contributed by atoms with Crippen molar-refractivity contribution in [1.82, 2.24) is 19.7 Å². The average Bonchev–Trinajstić information content (AvgIpc) is 3.14. The minimum Gasteiger partial charge on any atom is -0.496 e. The van der Waals surface area contributed by atoms with Crippen LogP contribution in [0.3, 0.4) is 0 Å². The number of rotatable bonds is 5. The molecule has 4 N–H and O–H groups in total. The summed E-state index contributed by atoms with van der Waals surface area (Å²) in [6.07, 6.45) is 4.00. The number of H-pyrrole nitrogens is 1. The van der Waals surface area contributed by atoms with E-state index in [1.165, 1.54) is 30.4 Å². The number of carboxylic acids is 1. The van der Waals surface area contributed by atoms with Crippen LogP contribution in [0.2, 0.25) is 0 Å². The van der Waals surface area contributed by atoms with Gasteiger partial charge in [0.15, 0.2) is 5.82 Å². The van der Waals surface area contributed by atoms with Crippen molar-refractivity contribution < 1.29 is 19.4 Å². The van der Waals surface area contributed by atoms with Crippen molar-refractivity contribution in [2.24, 2.45) is 5.73 Å². The molecule has 2 heterocycles. The highest BCUT2D eigenvalue weighted by atomic mass is 16.5. The zero-order chi connectivity index (χ0) is 17.1. The van der Waals surface area contributed by atoms with Crippen molar-refractivity contribution in [1.29, 1.82) is 0 Å². The Morgan fingerprint density at radius 1 is 1.52 bits per heavy atom. The third kappa shape index (κ3) is 2.84. The summed E-state index contributed by atoms with van der Waals surface area (Å²) in [6.45, 7) is 5.28. The van der Waals surface area contributed by atoms with Gasteiger partial charge in [-0.05, 0) is 13.0 Å². The molecule has 2 aromatic heterocycles. The Kier molecular flexibility index (Phi) is 4.30. The first-order valence-corrected chi connectivity index (χ1v) is 6.44. The summed E-state index contributed by atoms with van der Waals surface area (Å²) in [4.78, 5) is 29.6. The maximum Gasteiger partial charge on any atom is 0.377 e. The molecule has 0 atom stereocenters. The molecule has 0 aliphatic carbocycles. The maximum absolute atomic E-state index is 11.9. The van der Waals surface area contributed by atoms with Crippen LogP contribution in [0.25, 0.3) is 11.6 Å². The van der Waals surface area contributed by atoms with Crippen LogP contribution in [-0.4, -0.2) is 43.7 Å². The van der Waals surface area contributed by atoms with E-state index in [1.54, 1.807) is 6.92 Å². The molecule has 0 aliphatic heterocycles. The van der Waals surface area contributed by atoms with Crippen LogP contribution in [0.15, 0.2) is 25.2 Å². The number of nitrogens with one attached hydrogen (secondary N) is 1. The quantitative estimate of drug-likeness (QED) is 0.460. The number of methoxy groups -OCH3 is 1. The number of nitrogens with zero attached hydrogens (tertiary/aromatic N) is 3. The molecule has 0 amide bonds. The van der Waals surface area contributed by atoms with Gasteiger partial charge in [0.2, 0.25) is 0 Å². The summed E-state index contributed by atoms with van der Waals surface area (Å²) in [5.41, 5.74) is 5.96. The summed E-state index contributed by atoms with van der Waals surface area (Å²) in [5, 5.41) is 13.5. The molecule has 120 valence electrons. The van der Waals surface area contributed by atoms with Gasteiger partial charge < -0.3 is 20.6 Å². The lowest BCUT2D eigenvalue weighted by atomic mass is 10.1.